The molecule has 4 heteroatoms. The Kier molecular flexibility index (Phi) is 0.868. The van der Waals surface area contributed by atoms with Gasteiger partial charge in [0.1, 0.15) is 12.5 Å². The predicted octanol–water partition coefficient (Wildman–Crippen LogP) is 0.635. The van der Waals surface area contributed by atoms with Crippen molar-refractivity contribution in [3.8, 4) is 0 Å². The van der Waals surface area contributed by atoms with Gasteiger partial charge in [-0.15, -0.1) is 0 Å². The smallest absolute Gasteiger partial charge is 0.363 e. The van der Waals surface area contributed by atoms with E-state index in [2.05, 4.69) is 9.78 Å². The SMILES string of the molecule is C1=COC2=C(COO2)O1. The maximum absolute atomic E-state index is 4.93. The topological polar surface area (TPSA) is 36.9 Å². The molecule has 2 heterocycles. The van der Waals surface area contributed by atoms with Gasteiger partial charge in [-0.2, -0.15) is 4.89 Å². The molecule has 0 radical (unpaired) electrons. The molecule has 0 atom stereocenters. The summed E-state index contributed by atoms with van der Waals surface area (Å²) < 4.78 is 9.75. The van der Waals surface area contributed by atoms with Gasteiger partial charge >= 0.3 is 5.95 Å². The fourth-order valence-electron chi connectivity index (χ4n) is 0.609. The van der Waals surface area contributed by atoms with Crippen LogP contribution >= 0.6 is 0 Å². The number of rotatable bonds is 0. The second kappa shape index (κ2) is 1.66. The number of hydrogen-bond acceptors (Lipinski definition) is 4. The third-order valence-electron chi connectivity index (χ3n) is 0.993. The molecule has 2 aliphatic rings. The quantitative estimate of drug-likeness (QED) is 0.448. The zero-order chi connectivity index (χ0) is 6.10. The fourth-order valence-corrected chi connectivity index (χ4v) is 0.609. The van der Waals surface area contributed by atoms with Crippen molar-refractivity contribution < 1.29 is 19.2 Å². The largest absolute Gasteiger partial charge is 0.456 e. The molecule has 0 unspecified atom stereocenters. The second-order valence-electron chi connectivity index (χ2n) is 1.56. The van der Waals surface area contributed by atoms with E-state index in [1.54, 1.807) is 0 Å². The van der Waals surface area contributed by atoms with E-state index in [0.717, 1.165) is 0 Å². The predicted molar refractivity (Wildman–Crippen MR) is 25.4 cm³/mol. The van der Waals surface area contributed by atoms with Crippen LogP contribution in [0.25, 0.3) is 0 Å². The summed E-state index contributed by atoms with van der Waals surface area (Å²) >= 11 is 0. The van der Waals surface area contributed by atoms with Gasteiger partial charge in [0, 0.05) is 0 Å². The molecule has 0 amide bonds. The highest BCUT2D eigenvalue weighted by Gasteiger charge is 2.22. The summed E-state index contributed by atoms with van der Waals surface area (Å²) in [5.41, 5.74) is 0. The van der Waals surface area contributed by atoms with Crippen molar-refractivity contribution in [2.45, 2.75) is 0 Å². The van der Waals surface area contributed by atoms with Crippen molar-refractivity contribution in [2.24, 2.45) is 0 Å². The molecule has 0 aromatic heterocycles. The van der Waals surface area contributed by atoms with Gasteiger partial charge in [0.15, 0.2) is 6.61 Å². The van der Waals surface area contributed by atoms with E-state index >= 15 is 0 Å². The van der Waals surface area contributed by atoms with E-state index in [0.29, 0.717) is 18.3 Å². The first-order chi connectivity index (χ1) is 4.47. The zero-order valence-corrected chi connectivity index (χ0v) is 4.49. The third kappa shape index (κ3) is 0.639. The maximum Gasteiger partial charge on any atom is 0.363 e. The summed E-state index contributed by atoms with van der Waals surface area (Å²) in [7, 11) is 0. The molecule has 0 aromatic carbocycles. The van der Waals surface area contributed by atoms with Gasteiger partial charge in [0.2, 0.25) is 5.76 Å². The zero-order valence-electron chi connectivity index (χ0n) is 4.49. The molecular formula is C5H4O4. The van der Waals surface area contributed by atoms with Crippen LogP contribution in [0, 0.1) is 0 Å². The van der Waals surface area contributed by atoms with Gasteiger partial charge in [0.05, 0.1) is 0 Å². The second-order valence-corrected chi connectivity index (χ2v) is 1.56. The number of hydrogen-bond donors (Lipinski definition) is 0. The first-order valence-corrected chi connectivity index (χ1v) is 2.48. The van der Waals surface area contributed by atoms with E-state index in [4.69, 9.17) is 9.47 Å². The summed E-state index contributed by atoms with van der Waals surface area (Å²) in [6.45, 7) is 0.319. The van der Waals surface area contributed by atoms with E-state index in [1.807, 2.05) is 0 Å². The summed E-state index contributed by atoms with van der Waals surface area (Å²) in [5.74, 6) is 0.884. The van der Waals surface area contributed by atoms with Crippen molar-refractivity contribution in [2.75, 3.05) is 6.61 Å². The van der Waals surface area contributed by atoms with Crippen LogP contribution in [-0.2, 0) is 19.2 Å². The van der Waals surface area contributed by atoms with Crippen molar-refractivity contribution in [3.63, 3.8) is 0 Å². The van der Waals surface area contributed by atoms with Gasteiger partial charge in [-0.3, -0.25) is 4.89 Å². The fraction of sp³-hybridized carbons (Fsp3) is 0.200. The van der Waals surface area contributed by atoms with Crippen LogP contribution in [0.5, 0.6) is 0 Å². The molecule has 0 N–H and O–H groups in total. The Morgan fingerprint density at radius 3 is 3.00 bits per heavy atom. The average Bonchev–Trinajstić information content (AvgIpc) is 2.33. The van der Waals surface area contributed by atoms with Crippen LogP contribution in [0.15, 0.2) is 24.2 Å². The lowest BCUT2D eigenvalue weighted by Gasteiger charge is -2.04. The molecule has 2 rings (SSSR count). The van der Waals surface area contributed by atoms with Crippen LogP contribution in [0.4, 0.5) is 0 Å². The Balaban J connectivity index is 2.21. The summed E-state index contributed by atoms with van der Waals surface area (Å²) in [5, 5.41) is 0. The highest BCUT2D eigenvalue weighted by molar-refractivity contribution is 5.03. The first kappa shape index (κ1) is 4.69. The Hall–Kier alpha value is -1.16. The lowest BCUT2D eigenvalue weighted by Crippen LogP contribution is -1.96. The summed E-state index contributed by atoms with van der Waals surface area (Å²) in [6, 6.07) is 0. The van der Waals surface area contributed by atoms with E-state index in [1.165, 1.54) is 12.5 Å². The highest BCUT2D eigenvalue weighted by atomic mass is 17.2. The number of ether oxygens (including phenoxy) is 2. The summed E-state index contributed by atoms with van der Waals surface area (Å²) in [4.78, 5) is 9.07. The molecule has 2 aliphatic heterocycles. The van der Waals surface area contributed by atoms with Crippen LogP contribution in [0.3, 0.4) is 0 Å². The van der Waals surface area contributed by atoms with Crippen molar-refractivity contribution in [1.82, 2.24) is 0 Å². The van der Waals surface area contributed by atoms with Gasteiger partial charge in [0.25, 0.3) is 0 Å². The van der Waals surface area contributed by atoms with Crippen LogP contribution < -0.4 is 0 Å². The van der Waals surface area contributed by atoms with Gasteiger partial charge in [-0.05, 0) is 0 Å². The maximum atomic E-state index is 4.93. The molecule has 0 saturated carbocycles. The summed E-state index contributed by atoms with van der Waals surface area (Å²) in [6.07, 6.45) is 2.81. The monoisotopic (exact) mass is 128 g/mol. The Morgan fingerprint density at radius 2 is 2.11 bits per heavy atom. The highest BCUT2D eigenvalue weighted by Crippen LogP contribution is 2.21. The Morgan fingerprint density at radius 1 is 1.22 bits per heavy atom. The molecular weight excluding hydrogens is 124 g/mol. The van der Waals surface area contributed by atoms with Crippen molar-refractivity contribution in [3.05, 3.63) is 24.2 Å². The molecule has 0 fully saturated rings. The van der Waals surface area contributed by atoms with E-state index in [-0.39, 0.29) is 0 Å². The van der Waals surface area contributed by atoms with Crippen molar-refractivity contribution in [1.29, 1.82) is 0 Å². The minimum Gasteiger partial charge on any atom is -0.456 e. The minimum atomic E-state index is 0.303. The van der Waals surface area contributed by atoms with Crippen molar-refractivity contribution >= 4 is 0 Å². The van der Waals surface area contributed by atoms with Crippen LogP contribution in [-0.4, -0.2) is 6.61 Å². The Bertz CT molecular complexity index is 163. The van der Waals surface area contributed by atoms with Crippen LogP contribution in [0.2, 0.25) is 0 Å². The molecule has 0 aromatic rings. The molecule has 0 aliphatic carbocycles. The molecule has 0 bridgehead atoms. The lowest BCUT2D eigenvalue weighted by molar-refractivity contribution is -0.258. The van der Waals surface area contributed by atoms with Gasteiger partial charge < -0.3 is 9.47 Å². The van der Waals surface area contributed by atoms with Crippen LogP contribution in [0.1, 0.15) is 0 Å². The van der Waals surface area contributed by atoms with Gasteiger partial charge in [-0.25, -0.2) is 0 Å². The minimum absolute atomic E-state index is 0.303. The van der Waals surface area contributed by atoms with E-state index < -0.39 is 0 Å². The lowest BCUT2D eigenvalue weighted by atomic mass is 10.5. The molecule has 0 saturated heterocycles. The average molecular weight is 128 g/mol. The normalized spacial score (nSPS) is 22.2. The third-order valence-corrected chi connectivity index (χ3v) is 0.993. The standard InChI is InChI=1S/C5H4O4/c1-2-7-5-4(6-1)3-8-9-5/h1-2H,3H2. The van der Waals surface area contributed by atoms with Gasteiger partial charge in [-0.1, -0.05) is 0 Å². The Labute approximate surface area is 51.2 Å². The molecule has 9 heavy (non-hydrogen) atoms. The first-order valence-electron chi connectivity index (χ1n) is 2.48. The molecule has 0 spiro atoms. The van der Waals surface area contributed by atoms with E-state index in [9.17, 15) is 0 Å². The molecule has 48 valence electrons. The molecule has 4 nitrogen and oxygen atoms in total.